The molecule has 0 unspecified atom stereocenters. The Kier molecular flexibility index (Phi) is 4.43. The summed E-state index contributed by atoms with van der Waals surface area (Å²) in [7, 11) is 0. The van der Waals surface area contributed by atoms with Crippen molar-refractivity contribution in [1.82, 2.24) is 10.3 Å². The van der Waals surface area contributed by atoms with Gasteiger partial charge in [-0.15, -0.1) is 0 Å². The minimum absolute atomic E-state index is 0.127. The zero-order valence-corrected chi connectivity index (χ0v) is 12.6. The third kappa shape index (κ3) is 3.80. The van der Waals surface area contributed by atoms with Gasteiger partial charge in [0.25, 0.3) is 0 Å². The van der Waals surface area contributed by atoms with E-state index in [0.29, 0.717) is 6.54 Å². The molecule has 1 aromatic heterocycles. The number of hydrogen-bond acceptors (Lipinski definition) is 2. The fourth-order valence-electron chi connectivity index (χ4n) is 2.48. The zero-order chi connectivity index (χ0) is 16.1. The maximum Gasteiger partial charge on any atom is 0.244 e. The van der Waals surface area contributed by atoms with Gasteiger partial charge < -0.3 is 15.4 Å². The summed E-state index contributed by atoms with van der Waals surface area (Å²) in [5, 5.41) is 13.3. The lowest BCUT2D eigenvalue weighted by molar-refractivity contribution is -0.116. The molecule has 4 heteroatoms. The number of nitrogens with one attached hydrogen (secondary N) is 2. The van der Waals surface area contributed by atoms with Crippen molar-refractivity contribution in [3.05, 3.63) is 71.9 Å². The van der Waals surface area contributed by atoms with Crippen LogP contribution in [0.3, 0.4) is 0 Å². The Balaban J connectivity index is 1.52. The molecular weight excluding hydrogens is 288 g/mol. The van der Waals surface area contributed by atoms with E-state index in [1.54, 1.807) is 30.3 Å². The average molecular weight is 306 g/mol. The minimum Gasteiger partial charge on any atom is -0.508 e. The van der Waals surface area contributed by atoms with Gasteiger partial charge in [-0.2, -0.15) is 0 Å². The zero-order valence-electron chi connectivity index (χ0n) is 12.6. The number of phenols is 1. The van der Waals surface area contributed by atoms with Crippen molar-refractivity contribution in [3.8, 4) is 5.75 Å². The van der Waals surface area contributed by atoms with E-state index in [-0.39, 0.29) is 11.7 Å². The number of benzene rings is 2. The predicted octanol–water partition coefficient (Wildman–Crippen LogP) is 3.25. The van der Waals surface area contributed by atoms with E-state index in [4.69, 9.17) is 0 Å². The third-order valence-corrected chi connectivity index (χ3v) is 3.69. The Labute approximate surface area is 134 Å². The maximum atomic E-state index is 11.8. The highest BCUT2D eigenvalue weighted by molar-refractivity contribution is 5.91. The van der Waals surface area contributed by atoms with Crippen LogP contribution in [0, 0.1) is 0 Å². The average Bonchev–Trinajstić information content (AvgIpc) is 2.98. The van der Waals surface area contributed by atoms with E-state index in [1.165, 1.54) is 17.0 Å². The highest BCUT2D eigenvalue weighted by Crippen LogP contribution is 2.17. The second kappa shape index (κ2) is 6.83. The summed E-state index contributed by atoms with van der Waals surface area (Å²) in [5.41, 5.74) is 3.18. The monoisotopic (exact) mass is 306 g/mol. The number of aromatic amines is 1. The first-order valence-corrected chi connectivity index (χ1v) is 7.52. The van der Waals surface area contributed by atoms with E-state index >= 15 is 0 Å². The SMILES string of the molecule is O=C(/C=C/c1ccc(O)cc1)NCCc1c[nH]c2ccccc12. The van der Waals surface area contributed by atoms with Crippen molar-refractivity contribution in [2.24, 2.45) is 0 Å². The molecule has 1 heterocycles. The minimum atomic E-state index is -0.127. The molecule has 3 rings (SSSR count). The number of para-hydroxylation sites is 1. The van der Waals surface area contributed by atoms with Gasteiger partial charge in [-0.25, -0.2) is 0 Å². The first-order chi connectivity index (χ1) is 11.2. The lowest BCUT2D eigenvalue weighted by atomic mass is 10.1. The number of phenolic OH excluding ortho intramolecular Hbond substituents is 1. The third-order valence-electron chi connectivity index (χ3n) is 3.69. The van der Waals surface area contributed by atoms with Crippen LogP contribution in [-0.2, 0) is 11.2 Å². The van der Waals surface area contributed by atoms with Gasteiger partial charge in [-0.1, -0.05) is 30.3 Å². The molecule has 0 aliphatic carbocycles. The van der Waals surface area contributed by atoms with Gasteiger partial charge in [-0.05, 0) is 41.8 Å². The van der Waals surface area contributed by atoms with Gasteiger partial charge in [-0.3, -0.25) is 4.79 Å². The number of carbonyl (C=O) groups is 1. The molecule has 0 fully saturated rings. The number of carbonyl (C=O) groups excluding carboxylic acids is 1. The molecule has 0 saturated carbocycles. The van der Waals surface area contributed by atoms with E-state index in [0.717, 1.165) is 17.5 Å². The predicted molar refractivity (Wildman–Crippen MR) is 92.2 cm³/mol. The van der Waals surface area contributed by atoms with Crippen molar-refractivity contribution < 1.29 is 9.90 Å². The van der Waals surface area contributed by atoms with Crippen LogP contribution in [0.15, 0.2) is 60.8 Å². The van der Waals surface area contributed by atoms with Crippen LogP contribution in [0.4, 0.5) is 0 Å². The van der Waals surface area contributed by atoms with E-state index in [1.807, 2.05) is 24.4 Å². The normalized spacial score (nSPS) is 11.1. The van der Waals surface area contributed by atoms with Gasteiger partial charge >= 0.3 is 0 Å². The topological polar surface area (TPSA) is 65.1 Å². The summed E-state index contributed by atoms with van der Waals surface area (Å²) < 4.78 is 0. The highest BCUT2D eigenvalue weighted by Gasteiger charge is 2.03. The Morgan fingerprint density at radius 2 is 1.91 bits per heavy atom. The van der Waals surface area contributed by atoms with Gasteiger partial charge in [0.15, 0.2) is 0 Å². The summed E-state index contributed by atoms with van der Waals surface area (Å²) in [6.45, 7) is 0.584. The summed E-state index contributed by atoms with van der Waals surface area (Å²) in [4.78, 5) is 15.1. The molecule has 3 N–H and O–H groups in total. The maximum absolute atomic E-state index is 11.8. The first-order valence-electron chi connectivity index (χ1n) is 7.52. The van der Waals surface area contributed by atoms with Crippen LogP contribution in [0.5, 0.6) is 5.75 Å². The summed E-state index contributed by atoms with van der Waals surface area (Å²) in [6.07, 6.45) is 5.99. The fraction of sp³-hybridized carbons (Fsp3) is 0.105. The fourth-order valence-corrected chi connectivity index (χ4v) is 2.48. The molecule has 0 aliphatic heterocycles. The molecule has 0 atom stereocenters. The molecule has 2 aromatic carbocycles. The highest BCUT2D eigenvalue weighted by atomic mass is 16.3. The van der Waals surface area contributed by atoms with Crippen LogP contribution >= 0.6 is 0 Å². The first kappa shape index (κ1) is 14.9. The largest absolute Gasteiger partial charge is 0.508 e. The standard InChI is InChI=1S/C19H18N2O2/c22-16-8-5-14(6-9-16)7-10-19(23)20-12-11-15-13-21-18-4-2-1-3-17(15)18/h1-10,13,21-22H,11-12H2,(H,20,23)/b10-7+. The molecule has 0 bridgehead atoms. The number of H-pyrrole nitrogens is 1. The molecule has 0 aliphatic rings. The second-order valence-electron chi connectivity index (χ2n) is 5.33. The summed E-state index contributed by atoms with van der Waals surface area (Å²) in [5.74, 6) is 0.0863. The van der Waals surface area contributed by atoms with Crippen molar-refractivity contribution >= 4 is 22.9 Å². The van der Waals surface area contributed by atoms with Crippen LogP contribution < -0.4 is 5.32 Å². The molecule has 0 spiro atoms. The summed E-state index contributed by atoms with van der Waals surface area (Å²) >= 11 is 0. The van der Waals surface area contributed by atoms with Crippen molar-refractivity contribution in [2.45, 2.75) is 6.42 Å². The Morgan fingerprint density at radius 1 is 1.13 bits per heavy atom. The Hall–Kier alpha value is -3.01. The van der Waals surface area contributed by atoms with Crippen molar-refractivity contribution in [2.75, 3.05) is 6.54 Å². The summed E-state index contributed by atoms with van der Waals surface area (Å²) in [6, 6.07) is 14.8. The molecule has 23 heavy (non-hydrogen) atoms. The van der Waals surface area contributed by atoms with E-state index in [9.17, 15) is 9.90 Å². The Bertz CT molecular complexity index is 832. The molecule has 3 aromatic rings. The van der Waals surface area contributed by atoms with Gasteiger partial charge in [0.05, 0.1) is 0 Å². The second-order valence-corrected chi connectivity index (χ2v) is 5.33. The van der Waals surface area contributed by atoms with Gasteiger partial charge in [0.2, 0.25) is 5.91 Å². The number of aromatic hydroxyl groups is 1. The number of amides is 1. The smallest absolute Gasteiger partial charge is 0.244 e. The van der Waals surface area contributed by atoms with Crippen LogP contribution in [0.2, 0.25) is 0 Å². The van der Waals surface area contributed by atoms with Crippen LogP contribution in [0.1, 0.15) is 11.1 Å². The van der Waals surface area contributed by atoms with Gasteiger partial charge in [0.1, 0.15) is 5.75 Å². The van der Waals surface area contributed by atoms with Crippen LogP contribution in [0.25, 0.3) is 17.0 Å². The van der Waals surface area contributed by atoms with Crippen molar-refractivity contribution in [3.63, 3.8) is 0 Å². The van der Waals surface area contributed by atoms with E-state index < -0.39 is 0 Å². The number of fused-ring (bicyclic) bond motifs is 1. The lowest BCUT2D eigenvalue weighted by Crippen LogP contribution is -2.23. The molecule has 4 nitrogen and oxygen atoms in total. The number of aromatic nitrogens is 1. The Morgan fingerprint density at radius 3 is 2.74 bits per heavy atom. The lowest BCUT2D eigenvalue weighted by Gasteiger charge is -2.02. The molecule has 1 amide bonds. The van der Waals surface area contributed by atoms with E-state index in [2.05, 4.69) is 16.4 Å². The van der Waals surface area contributed by atoms with Crippen molar-refractivity contribution in [1.29, 1.82) is 0 Å². The molecule has 0 radical (unpaired) electrons. The molecule has 116 valence electrons. The molecular formula is C19H18N2O2. The molecule has 0 saturated heterocycles. The van der Waals surface area contributed by atoms with Gasteiger partial charge in [0, 0.05) is 29.7 Å². The van der Waals surface area contributed by atoms with Crippen LogP contribution in [-0.4, -0.2) is 22.5 Å². The number of rotatable bonds is 5. The number of hydrogen-bond donors (Lipinski definition) is 3. The quantitative estimate of drug-likeness (QED) is 0.634.